The Labute approximate surface area is 143 Å². The van der Waals surface area contributed by atoms with Gasteiger partial charge in [0.1, 0.15) is 0 Å². The Hall–Kier alpha value is -1.45. The number of rotatable bonds is 6. The first-order valence-corrected chi connectivity index (χ1v) is 10.1. The summed E-state index contributed by atoms with van der Waals surface area (Å²) >= 11 is 0. The molecule has 0 unspecified atom stereocenters. The number of hydrogen-bond donors (Lipinski definition) is 2. The first kappa shape index (κ1) is 18.9. The molecule has 0 spiro atoms. The lowest BCUT2D eigenvalue weighted by atomic mass is 10.1. The Bertz CT molecular complexity index is 690. The van der Waals surface area contributed by atoms with E-state index in [1.165, 1.54) is 10.6 Å². The maximum Gasteiger partial charge on any atom is 0.238 e. The predicted molar refractivity (Wildman–Crippen MR) is 93.4 cm³/mol. The maximum absolute atomic E-state index is 12.2. The number of anilines is 1. The van der Waals surface area contributed by atoms with Crippen LogP contribution >= 0.6 is 0 Å². The van der Waals surface area contributed by atoms with Crippen molar-refractivity contribution >= 4 is 21.6 Å². The Kier molecular flexibility index (Phi) is 6.00. The molecule has 2 heterocycles. The number of nitrogens with zero attached hydrogens (tertiary/aromatic N) is 3. The number of carbonyl (C=O) groups excluding carboxylic acids is 1. The standard InChI is InChI=1S/C15H27N5O3S/c1-5-20-12(3)15(11(2)18-20)17-14(21)10-16-13-6-8-19(9-7-13)24(4,22)23/h13,16H,5-10H2,1-4H3,(H,17,21). The fourth-order valence-corrected chi connectivity index (χ4v) is 3.87. The zero-order valence-corrected chi connectivity index (χ0v) is 15.6. The molecule has 1 aliphatic rings. The Morgan fingerprint density at radius 3 is 2.42 bits per heavy atom. The molecule has 0 aromatic carbocycles. The second-order valence-electron chi connectivity index (χ2n) is 6.23. The molecule has 1 aromatic heterocycles. The lowest BCUT2D eigenvalue weighted by molar-refractivity contribution is -0.115. The van der Waals surface area contributed by atoms with Crippen molar-refractivity contribution in [3.63, 3.8) is 0 Å². The molecule has 24 heavy (non-hydrogen) atoms. The molecular formula is C15H27N5O3S. The summed E-state index contributed by atoms with van der Waals surface area (Å²) in [5, 5.41) is 10.5. The molecule has 1 fully saturated rings. The number of amides is 1. The molecule has 0 saturated carbocycles. The van der Waals surface area contributed by atoms with Crippen molar-refractivity contribution in [2.75, 3.05) is 31.2 Å². The van der Waals surface area contributed by atoms with Crippen LogP contribution in [0.25, 0.3) is 0 Å². The molecule has 1 saturated heterocycles. The van der Waals surface area contributed by atoms with Crippen molar-refractivity contribution in [2.45, 2.75) is 46.2 Å². The second-order valence-corrected chi connectivity index (χ2v) is 8.21. The van der Waals surface area contributed by atoms with Crippen LogP contribution in [0.5, 0.6) is 0 Å². The highest BCUT2D eigenvalue weighted by atomic mass is 32.2. The van der Waals surface area contributed by atoms with Crippen LogP contribution < -0.4 is 10.6 Å². The van der Waals surface area contributed by atoms with Gasteiger partial charge in [-0.15, -0.1) is 0 Å². The van der Waals surface area contributed by atoms with Gasteiger partial charge in [0.25, 0.3) is 0 Å². The van der Waals surface area contributed by atoms with E-state index in [4.69, 9.17) is 0 Å². The van der Waals surface area contributed by atoms with E-state index >= 15 is 0 Å². The number of carbonyl (C=O) groups is 1. The highest BCUT2D eigenvalue weighted by Crippen LogP contribution is 2.19. The Morgan fingerprint density at radius 1 is 1.29 bits per heavy atom. The van der Waals surface area contributed by atoms with Gasteiger partial charge in [-0.3, -0.25) is 9.48 Å². The molecule has 0 bridgehead atoms. The van der Waals surface area contributed by atoms with Gasteiger partial charge in [0, 0.05) is 25.7 Å². The van der Waals surface area contributed by atoms with Crippen LogP contribution in [0.1, 0.15) is 31.2 Å². The van der Waals surface area contributed by atoms with Crippen LogP contribution in [-0.4, -0.2) is 60.3 Å². The van der Waals surface area contributed by atoms with Crippen molar-refractivity contribution in [2.24, 2.45) is 0 Å². The number of aromatic nitrogens is 2. The summed E-state index contributed by atoms with van der Waals surface area (Å²) in [4.78, 5) is 12.2. The van der Waals surface area contributed by atoms with Crippen LogP contribution in [0.15, 0.2) is 0 Å². The topological polar surface area (TPSA) is 96.3 Å². The van der Waals surface area contributed by atoms with Crippen LogP contribution in [0.3, 0.4) is 0 Å². The van der Waals surface area contributed by atoms with E-state index < -0.39 is 10.0 Å². The highest BCUT2D eigenvalue weighted by molar-refractivity contribution is 7.88. The minimum atomic E-state index is -3.11. The molecule has 1 aliphatic heterocycles. The Morgan fingerprint density at radius 2 is 1.92 bits per heavy atom. The summed E-state index contributed by atoms with van der Waals surface area (Å²) in [5.74, 6) is -0.109. The van der Waals surface area contributed by atoms with E-state index in [-0.39, 0.29) is 18.5 Å². The number of hydrogen-bond acceptors (Lipinski definition) is 5. The first-order chi connectivity index (χ1) is 11.2. The molecular weight excluding hydrogens is 330 g/mol. The molecule has 0 atom stereocenters. The predicted octanol–water partition coefficient (Wildman–Crippen LogP) is 0.472. The summed E-state index contributed by atoms with van der Waals surface area (Å²) < 4.78 is 26.3. The quantitative estimate of drug-likeness (QED) is 0.772. The molecule has 2 N–H and O–H groups in total. The van der Waals surface area contributed by atoms with E-state index in [1.807, 2.05) is 25.5 Å². The normalized spacial score (nSPS) is 17.2. The average molecular weight is 357 g/mol. The van der Waals surface area contributed by atoms with Crippen LogP contribution in [0, 0.1) is 13.8 Å². The van der Waals surface area contributed by atoms with E-state index in [0.717, 1.165) is 23.6 Å². The highest BCUT2D eigenvalue weighted by Gasteiger charge is 2.25. The van der Waals surface area contributed by atoms with E-state index in [1.54, 1.807) is 0 Å². The summed E-state index contributed by atoms with van der Waals surface area (Å²) in [6, 6.07) is 0.161. The number of piperidine rings is 1. The third kappa shape index (κ3) is 4.55. The van der Waals surface area contributed by atoms with Gasteiger partial charge in [0.15, 0.2) is 0 Å². The molecule has 1 amide bonds. The minimum absolute atomic E-state index is 0.109. The van der Waals surface area contributed by atoms with Crippen molar-refractivity contribution in [3.05, 3.63) is 11.4 Å². The fourth-order valence-electron chi connectivity index (χ4n) is 3.00. The van der Waals surface area contributed by atoms with Gasteiger partial charge in [0.2, 0.25) is 15.9 Å². The molecule has 136 valence electrons. The zero-order chi connectivity index (χ0) is 17.9. The summed E-state index contributed by atoms with van der Waals surface area (Å²) in [7, 11) is -3.11. The molecule has 9 heteroatoms. The van der Waals surface area contributed by atoms with Gasteiger partial charge in [-0.25, -0.2) is 12.7 Å². The summed E-state index contributed by atoms with van der Waals surface area (Å²) in [5.41, 5.74) is 2.53. The van der Waals surface area contributed by atoms with Gasteiger partial charge in [0.05, 0.1) is 29.9 Å². The molecule has 8 nitrogen and oxygen atoms in total. The van der Waals surface area contributed by atoms with Crippen LogP contribution in [0.4, 0.5) is 5.69 Å². The van der Waals surface area contributed by atoms with Gasteiger partial charge in [-0.1, -0.05) is 0 Å². The lowest BCUT2D eigenvalue weighted by Crippen LogP contribution is -2.46. The monoisotopic (exact) mass is 357 g/mol. The number of nitrogens with one attached hydrogen (secondary N) is 2. The van der Waals surface area contributed by atoms with Gasteiger partial charge in [-0.05, 0) is 33.6 Å². The zero-order valence-electron chi connectivity index (χ0n) is 14.8. The van der Waals surface area contributed by atoms with Crippen molar-refractivity contribution in [1.29, 1.82) is 0 Å². The molecule has 1 aromatic rings. The second kappa shape index (κ2) is 7.62. The van der Waals surface area contributed by atoms with Crippen molar-refractivity contribution in [1.82, 2.24) is 19.4 Å². The summed E-state index contributed by atoms with van der Waals surface area (Å²) in [6.45, 7) is 7.80. The minimum Gasteiger partial charge on any atom is -0.322 e. The van der Waals surface area contributed by atoms with Gasteiger partial charge < -0.3 is 10.6 Å². The third-order valence-electron chi connectivity index (χ3n) is 4.42. The largest absolute Gasteiger partial charge is 0.322 e. The van der Waals surface area contributed by atoms with Gasteiger partial charge >= 0.3 is 0 Å². The molecule has 0 radical (unpaired) electrons. The maximum atomic E-state index is 12.2. The number of aryl methyl sites for hydroxylation is 2. The number of sulfonamides is 1. The average Bonchev–Trinajstić information content (AvgIpc) is 2.80. The molecule has 0 aliphatic carbocycles. The first-order valence-electron chi connectivity index (χ1n) is 8.24. The van der Waals surface area contributed by atoms with Crippen LogP contribution in [0.2, 0.25) is 0 Å². The fraction of sp³-hybridized carbons (Fsp3) is 0.733. The lowest BCUT2D eigenvalue weighted by Gasteiger charge is -2.30. The summed E-state index contributed by atoms with van der Waals surface area (Å²) in [6.07, 6.45) is 2.66. The molecule has 2 rings (SSSR count). The Balaban J connectivity index is 1.82. The van der Waals surface area contributed by atoms with Gasteiger partial charge in [-0.2, -0.15) is 5.10 Å². The van der Waals surface area contributed by atoms with E-state index in [2.05, 4.69) is 15.7 Å². The smallest absolute Gasteiger partial charge is 0.238 e. The van der Waals surface area contributed by atoms with Crippen molar-refractivity contribution < 1.29 is 13.2 Å². The van der Waals surface area contributed by atoms with Crippen LogP contribution in [-0.2, 0) is 21.4 Å². The third-order valence-corrected chi connectivity index (χ3v) is 5.72. The van der Waals surface area contributed by atoms with E-state index in [9.17, 15) is 13.2 Å². The SMILES string of the molecule is CCn1nc(C)c(NC(=O)CNC2CCN(S(C)(=O)=O)CC2)c1C. The van der Waals surface area contributed by atoms with Crippen molar-refractivity contribution in [3.8, 4) is 0 Å². The van der Waals surface area contributed by atoms with E-state index in [0.29, 0.717) is 25.9 Å².